The van der Waals surface area contributed by atoms with Gasteiger partial charge in [0.1, 0.15) is 5.75 Å². The Balaban J connectivity index is 1.72. The van der Waals surface area contributed by atoms with E-state index in [0.29, 0.717) is 16.7 Å². The Morgan fingerprint density at radius 1 is 0.973 bits per heavy atom. The average Bonchev–Trinajstić information content (AvgIpc) is 3.45. The molecular formula is C30H25N3O3S. The van der Waals surface area contributed by atoms with E-state index in [2.05, 4.69) is 45.2 Å². The molecule has 1 aromatic heterocycles. The zero-order chi connectivity index (χ0) is 25.8. The molecule has 1 aliphatic rings. The third kappa shape index (κ3) is 5.27. The van der Waals surface area contributed by atoms with E-state index in [4.69, 9.17) is 4.74 Å². The lowest BCUT2D eigenvalue weighted by Gasteiger charge is -2.16. The fraction of sp³-hybridized carbons (Fsp3) is 0.100. The van der Waals surface area contributed by atoms with Gasteiger partial charge < -0.3 is 14.6 Å². The number of thioether (sulfide) groups is 1. The van der Waals surface area contributed by atoms with E-state index in [9.17, 15) is 9.59 Å². The van der Waals surface area contributed by atoms with E-state index in [-0.39, 0.29) is 11.8 Å². The molecule has 2 heterocycles. The lowest BCUT2D eigenvalue weighted by molar-refractivity contribution is -0.117. The van der Waals surface area contributed by atoms with Crippen molar-refractivity contribution in [1.82, 2.24) is 9.88 Å². The van der Waals surface area contributed by atoms with Crippen molar-refractivity contribution >= 4 is 34.8 Å². The minimum absolute atomic E-state index is 0.265. The third-order valence-corrected chi connectivity index (χ3v) is 6.64. The van der Waals surface area contributed by atoms with Gasteiger partial charge in [-0.3, -0.25) is 9.59 Å². The second kappa shape index (κ2) is 10.7. The summed E-state index contributed by atoms with van der Waals surface area (Å²) in [5, 5.41) is 2.90. The van der Waals surface area contributed by atoms with E-state index in [0.717, 1.165) is 51.3 Å². The molecule has 6 nitrogen and oxygen atoms in total. The van der Waals surface area contributed by atoms with Crippen molar-refractivity contribution in [2.24, 2.45) is 4.99 Å². The number of amidine groups is 1. The predicted octanol–water partition coefficient (Wildman–Crippen LogP) is 6.32. The minimum atomic E-state index is -0.372. The van der Waals surface area contributed by atoms with Gasteiger partial charge in [-0.25, -0.2) is 0 Å². The number of nitrogens with one attached hydrogen (secondary N) is 1. The fourth-order valence-electron chi connectivity index (χ4n) is 4.23. The number of hydrogen-bond acceptors (Lipinski definition) is 4. The number of hydrogen-bond donors (Lipinski definition) is 1. The zero-order valence-corrected chi connectivity index (χ0v) is 21.3. The lowest BCUT2D eigenvalue weighted by atomic mass is 10.1. The van der Waals surface area contributed by atoms with E-state index in [1.54, 1.807) is 0 Å². The first-order valence-electron chi connectivity index (χ1n) is 11.9. The van der Waals surface area contributed by atoms with Gasteiger partial charge in [0.05, 0.1) is 22.9 Å². The summed E-state index contributed by atoms with van der Waals surface area (Å²) in [5.41, 5.74) is 5.80. The standard InChI is InChI=1S/C30H25N3O3S/c1-3-36-25-16-14-24(15-17-25)33-26(21-10-6-4-7-11-21)18-23(28(33)22-12-8-5-9-13-22)19-27-29(35)32-30(37-27)31-20(2)34/h4-19H,3H2,1-2H3,(H,31,32,34,35)/b27-19+. The molecule has 37 heavy (non-hydrogen) atoms. The SMILES string of the molecule is CCOc1ccc(-n2c(-c3ccccc3)cc(/C=C3/SC(NC(C)=O)=NC3=O)c2-c2ccccc2)cc1. The monoisotopic (exact) mass is 507 g/mol. The van der Waals surface area contributed by atoms with Crippen molar-refractivity contribution in [3.63, 3.8) is 0 Å². The molecule has 0 aliphatic carbocycles. The van der Waals surface area contributed by atoms with Crippen LogP contribution in [-0.4, -0.2) is 28.2 Å². The smallest absolute Gasteiger partial charge is 0.286 e. The Morgan fingerprint density at radius 3 is 2.24 bits per heavy atom. The minimum Gasteiger partial charge on any atom is -0.494 e. The average molecular weight is 508 g/mol. The molecule has 0 bridgehead atoms. The molecule has 0 atom stereocenters. The first-order chi connectivity index (χ1) is 18.0. The number of ether oxygens (including phenoxy) is 1. The molecule has 0 spiro atoms. The molecule has 5 rings (SSSR count). The van der Waals surface area contributed by atoms with Crippen molar-refractivity contribution < 1.29 is 14.3 Å². The van der Waals surface area contributed by atoms with Crippen LogP contribution in [0.25, 0.3) is 34.3 Å². The highest BCUT2D eigenvalue weighted by atomic mass is 32.2. The first kappa shape index (κ1) is 24.3. The molecule has 4 aromatic rings. The normalized spacial score (nSPS) is 14.1. The molecule has 0 fully saturated rings. The van der Waals surface area contributed by atoms with E-state index < -0.39 is 0 Å². The summed E-state index contributed by atoms with van der Waals surface area (Å²) in [7, 11) is 0. The number of amides is 2. The van der Waals surface area contributed by atoms with Crippen LogP contribution < -0.4 is 10.1 Å². The van der Waals surface area contributed by atoms with E-state index in [1.165, 1.54) is 6.92 Å². The van der Waals surface area contributed by atoms with Crippen LogP contribution >= 0.6 is 11.8 Å². The number of benzene rings is 3. The van der Waals surface area contributed by atoms with Crippen LogP contribution in [0.15, 0.2) is 101 Å². The zero-order valence-electron chi connectivity index (χ0n) is 20.5. The van der Waals surface area contributed by atoms with Gasteiger partial charge in [-0.1, -0.05) is 60.7 Å². The number of carbonyl (C=O) groups is 2. The third-order valence-electron chi connectivity index (χ3n) is 5.74. The van der Waals surface area contributed by atoms with Crippen molar-refractivity contribution in [1.29, 1.82) is 0 Å². The van der Waals surface area contributed by atoms with Gasteiger partial charge in [0.2, 0.25) is 5.91 Å². The number of nitrogens with zero attached hydrogens (tertiary/aromatic N) is 2. The van der Waals surface area contributed by atoms with Gasteiger partial charge in [0, 0.05) is 18.2 Å². The molecular weight excluding hydrogens is 482 g/mol. The molecule has 184 valence electrons. The van der Waals surface area contributed by atoms with Gasteiger partial charge in [-0.2, -0.15) is 4.99 Å². The Bertz CT molecular complexity index is 1510. The summed E-state index contributed by atoms with van der Waals surface area (Å²) < 4.78 is 7.87. The molecule has 7 heteroatoms. The molecule has 2 amide bonds. The number of carbonyl (C=O) groups excluding carboxylic acids is 2. The molecule has 0 saturated carbocycles. The topological polar surface area (TPSA) is 72.7 Å². The van der Waals surface area contributed by atoms with Gasteiger partial charge in [-0.05, 0) is 66.2 Å². The number of rotatable bonds is 6. The summed E-state index contributed by atoms with van der Waals surface area (Å²) in [6.45, 7) is 3.95. The number of aliphatic imine (C=N–C) groups is 1. The molecule has 1 aliphatic heterocycles. The summed E-state index contributed by atoms with van der Waals surface area (Å²) >= 11 is 1.16. The van der Waals surface area contributed by atoms with Crippen molar-refractivity contribution in [3.05, 3.63) is 101 Å². The van der Waals surface area contributed by atoms with Crippen LogP contribution in [-0.2, 0) is 9.59 Å². The maximum atomic E-state index is 12.7. The highest BCUT2D eigenvalue weighted by molar-refractivity contribution is 8.18. The van der Waals surface area contributed by atoms with Crippen LogP contribution in [0, 0.1) is 0 Å². The van der Waals surface area contributed by atoms with Crippen molar-refractivity contribution in [3.8, 4) is 34.0 Å². The second-order valence-electron chi connectivity index (χ2n) is 8.34. The van der Waals surface area contributed by atoms with E-state index >= 15 is 0 Å². The van der Waals surface area contributed by atoms with Crippen molar-refractivity contribution in [2.45, 2.75) is 13.8 Å². The highest BCUT2D eigenvalue weighted by Crippen LogP contribution is 2.39. The van der Waals surface area contributed by atoms with E-state index in [1.807, 2.05) is 73.7 Å². The Hall–Kier alpha value is -4.36. The summed E-state index contributed by atoms with van der Waals surface area (Å²) in [6, 6.07) is 30.3. The van der Waals surface area contributed by atoms with Crippen molar-refractivity contribution in [2.75, 3.05) is 6.61 Å². The quantitative estimate of drug-likeness (QED) is 0.310. The largest absolute Gasteiger partial charge is 0.494 e. The molecule has 3 aromatic carbocycles. The summed E-state index contributed by atoms with van der Waals surface area (Å²) in [6.07, 6.45) is 1.85. The summed E-state index contributed by atoms with van der Waals surface area (Å²) in [5.74, 6) is 0.167. The van der Waals surface area contributed by atoms with Crippen LogP contribution in [0.2, 0.25) is 0 Å². The Labute approximate surface area is 219 Å². The van der Waals surface area contributed by atoms with Gasteiger partial charge in [0.25, 0.3) is 5.91 Å². The predicted molar refractivity (Wildman–Crippen MR) is 150 cm³/mol. The number of aromatic nitrogens is 1. The maximum absolute atomic E-state index is 12.7. The summed E-state index contributed by atoms with van der Waals surface area (Å²) in [4.78, 5) is 28.6. The van der Waals surface area contributed by atoms with Gasteiger partial charge >= 0.3 is 0 Å². The second-order valence-corrected chi connectivity index (χ2v) is 9.37. The van der Waals surface area contributed by atoms with Crippen LogP contribution in [0.5, 0.6) is 5.75 Å². The van der Waals surface area contributed by atoms with Crippen LogP contribution in [0.3, 0.4) is 0 Å². The molecule has 0 radical (unpaired) electrons. The first-order valence-corrected chi connectivity index (χ1v) is 12.7. The molecule has 0 saturated heterocycles. The van der Waals surface area contributed by atoms with Crippen LogP contribution in [0.1, 0.15) is 19.4 Å². The lowest BCUT2D eigenvalue weighted by Crippen LogP contribution is -2.23. The fourth-order valence-corrected chi connectivity index (χ4v) is 5.08. The highest BCUT2D eigenvalue weighted by Gasteiger charge is 2.25. The van der Waals surface area contributed by atoms with Crippen LogP contribution in [0.4, 0.5) is 0 Å². The molecule has 1 N–H and O–H groups in total. The Kier molecular flexibility index (Phi) is 7.05. The maximum Gasteiger partial charge on any atom is 0.286 e. The van der Waals surface area contributed by atoms with Gasteiger partial charge in [-0.15, -0.1) is 0 Å². The molecule has 0 unspecified atom stereocenters. The Morgan fingerprint density at radius 2 is 1.62 bits per heavy atom. The van der Waals surface area contributed by atoms with Gasteiger partial charge in [0.15, 0.2) is 5.17 Å².